The molecule has 6 heteroatoms. The summed E-state index contributed by atoms with van der Waals surface area (Å²) in [7, 11) is 0. The van der Waals surface area contributed by atoms with Crippen molar-refractivity contribution in [1.82, 2.24) is 5.32 Å². The molecule has 0 radical (unpaired) electrons. The highest BCUT2D eigenvalue weighted by molar-refractivity contribution is 9.10. The van der Waals surface area contributed by atoms with Crippen molar-refractivity contribution in [3.8, 4) is 0 Å². The first kappa shape index (κ1) is 18.5. The Morgan fingerprint density at radius 3 is 2.12 bits per heavy atom. The molecule has 2 aromatic heterocycles. The van der Waals surface area contributed by atoms with E-state index in [1.165, 1.54) is 0 Å². The van der Waals surface area contributed by atoms with Crippen LogP contribution in [0.2, 0.25) is 0 Å². The van der Waals surface area contributed by atoms with Gasteiger partial charge >= 0.3 is 0 Å². The molecule has 0 saturated heterocycles. The van der Waals surface area contributed by atoms with Crippen LogP contribution in [0.3, 0.4) is 0 Å². The van der Waals surface area contributed by atoms with Crippen LogP contribution in [0.4, 0.5) is 0 Å². The second-order valence-corrected chi connectivity index (χ2v) is 7.20. The minimum atomic E-state index is -0.0518. The van der Waals surface area contributed by atoms with Crippen molar-refractivity contribution >= 4 is 21.8 Å². The predicted molar refractivity (Wildman–Crippen MR) is 101 cm³/mol. The van der Waals surface area contributed by atoms with Crippen molar-refractivity contribution in [1.29, 1.82) is 0 Å². The second-order valence-electron chi connectivity index (χ2n) is 6.28. The fourth-order valence-corrected chi connectivity index (χ4v) is 3.13. The second kappa shape index (κ2) is 8.87. The molecule has 0 fully saturated rings. The Morgan fingerprint density at radius 2 is 1.62 bits per heavy atom. The number of quaternary nitrogens is 1. The standard InChI is InChI=1S/C20H21BrN2O3/c1-15(16-6-8-17(21)9-7-16)22-20(24)14-23(12-18-4-2-10-25-18)13-19-5-3-11-26-19/h2-11,15H,12-14H2,1H3,(H,22,24)/p+1/t15-/m1/s1. The number of amides is 1. The highest BCUT2D eigenvalue weighted by Gasteiger charge is 2.19. The van der Waals surface area contributed by atoms with Gasteiger partial charge in [-0.05, 0) is 48.9 Å². The summed E-state index contributed by atoms with van der Waals surface area (Å²) in [5.74, 6) is 1.69. The van der Waals surface area contributed by atoms with Gasteiger partial charge in [-0.2, -0.15) is 0 Å². The van der Waals surface area contributed by atoms with Crippen LogP contribution >= 0.6 is 15.9 Å². The Kier molecular flexibility index (Phi) is 6.30. The van der Waals surface area contributed by atoms with Gasteiger partial charge in [-0.3, -0.25) is 4.79 Å². The van der Waals surface area contributed by atoms with Crippen LogP contribution in [-0.4, -0.2) is 12.5 Å². The van der Waals surface area contributed by atoms with Crippen molar-refractivity contribution in [2.45, 2.75) is 26.1 Å². The molecule has 26 heavy (non-hydrogen) atoms. The van der Waals surface area contributed by atoms with Crippen molar-refractivity contribution in [2.24, 2.45) is 0 Å². The van der Waals surface area contributed by atoms with Gasteiger partial charge in [0.1, 0.15) is 13.1 Å². The molecule has 3 aromatic rings. The third kappa shape index (κ3) is 5.34. The number of nitrogens with one attached hydrogen (secondary N) is 2. The molecule has 0 saturated carbocycles. The third-order valence-corrected chi connectivity index (χ3v) is 4.70. The summed E-state index contributed by atoms with van der Waals surface area (Å²) in [6, 6.07) is 15.5. The molecule has 0 spiro atoms. The molecule has 1 atom stereocenters. The van der Waals surface area contributed by atoms with Gasteiger partial charge < -0.3 is 19.1 Å². The fraction of sp³-hybridized carbons (Fsp3) is 0.250. The normalized spacial score (nSPS) is 12.3. The molecule has 0 aliphatic heterocycles. The van der Waals surface area contributed by atoms with Crippen molar-refractivity contribution < 1.29 is 18.5 Å². The summed E-state index contributed by atoms with van der Waals surface area (Å²) in [5, 5.41) is 3.07. The largest absolute Gasteiger partial charge is 0.463 e. The van der Waals surface area contributed by atoms with Crippen LogP contribution in [-0.2, 0) is 17.9 Å². The average molecular weight is 418 g/mol. The van der Waals surface area contributed by atoms with E-state index in [2.05, 4.69) is 21.2 Å². The average Bonchev–Trinajstić information content (AvgIpc) is 3.29. The Morgan fingerprint density at radius 1 is 1.04 bits per heavy atom. The quantitative estimate of drug-likeness (QED) is 0.591. The molecule has 1 amide bonds. The molecule has 3 rings (SSSR count). The summed E-state index contributed by atoms with van der Waals surface area (Å²) in [6.07, 6.45) is 3.30. The molecule has 5 nitrogen and oxygen atoms in total. The van der Waals surface area contributed by atoms with E-state index in [1.54, 1.807) is 12.5 Å². The maximum atomic E-state index is 12.6. The highest BCUT2D eigenvalue weighted by atomic mass is 79.9. The smallest absolute Gasteiger partial charge is 0.275 e. The zero-order valence-corrected chi connectivity index (χ0v) is 16.2. The number of furan rings is 2. The fourth-order valence-electron chi connectivity index (χ4n) is 2.86. The maximum Gasteiger partial charge on any atom is 0.275 e. The number of halogens is 1. The van der Waals surface area contributed by atoms with E-state index < -0.39 is 0 Å². The lowest BCUT2D eigenvalue weighted by atomic mass is 10.1. The SMILES string of the molecule is C[C@@H](NC(=O)C[NH+](Cc1ccco1)Cc1ccco1)c1ccc(Br)cc1. The van der Waals surface area contributed by atoms with Gasteiger partial charge in [0.25, 0.3) is 5.91 Å². The first-order chi connectivity index (χ1) is 12.6. The van der Waals surface area contributed by atoms with E-state index in [0.29, 0.717) is 19.6 Å². The Bertz CT molecular complexity index is 762. The molecule has 0 aliphatic carbocycles. The van der Waals surface area contributed by atoms with Gasteiger partial charge in [-0.15, -0.1) is 0 Å². The summed E-state index contributed by atoms with van der Waals surface area (Å²) < 4.78 is 11.9. The van der Waals surface area contributed by atoms with Gasteiger partial charge in [-0.25, -0.2) is 0 Å². The van der Waals surface area contributed by atoms with Crippen LogP contribution < -0.4 is 10.2 Å². The molecular formula is C20H22BrN2O3+. The van der Waals surface area contributed by atoms with E-state index in [4.69, 9.17) is 8.83 Å². The lowest BCUT2D eigenvalue weighted by Gasteiger charge is -2.19. The van der Waals surface area contributed by atoms with E-state index >= 15 is 0 Å². The van der Waals surface area contributed by atoms with Gasteiger partial charge in [-0.1, -0.05) is 28.1 Å². The van der Waals surface area contributed by atoms with Gasteiger partial charge in [0.15, 0.2) is 18.1 Å². The molecule has 2 heterocycles. The number of hydrogen-bond donors (Lipinski definition) is 2. The van der Waals surface area contributed by atoms with Gasteiger partial charge in [0, 0.05) is 4.47 Å². The third-order valence-electron chi connectivity index (χ3n) is 4.17. The predicted octanol–water partition coefficient (Wildman–Crippen LogP) is 3.10. The van der Waals surface area contributed by atoms with Crippen LogP contribution in [0.5, 0.6) is 0 Å². The summed E-state index contributed by atoms with van der Waals surface area (Å²) in [5.41, 5.74) is 1.07. The highest BCUT2D eigenvalue weighted by Crippen LogP contribution is 2.16. The van der Waals surface area contributed by atoms with Crippen LogP contribution in [0.15, 0.2) is 74.4 Å². The van der Waals surface area contributed by atoms with Crippen LogP contribution in [0.1, 0.15) is 30.0 Å². The minimum absolute atomic E-state index is 0.00599. The maximum absolute atomic E-state index is 12.6. The molecule has 136 valence electrons. The monoisotopic (exact) mass is 417 g/mol. The lowest BCUT2D eigenvalue weighted by Crippen LogP contribution is -3.10. The lowest BCUT2D eigenvalue weighted by molar-refractivity contribution is -0.921. The van der Waals surface area contributed by atoms with Crippen molar-refractivity contribution in [3.05, 3.63) is 82.6 Å². The molecule has 0 aliphatic rings. The number of carbonyl (C=O) groups is 1. The summed E-state index contributed by atoms with van der Waals surface area (Å²) in [4.78, 5) is 13.6. The molecule has 1 aromatic carbocycles. The minimum Gasteiger partial charge on any atom is -0.463 e. The zero-order chi connectivity index (χ0) is 18.4. The Labute approximate surface area is 161 Å². The van der Waals surface area contributed by atoms with Crippen molar-refractivity contribution in [3.63, 3.8) is 0 Å². The number of carbonyl (C=O) groups excluding carboxylic acids is 1. The molecule has 0 unspecified atom stereocenters. The zero-order valence-electron chi connectivity index (χ0n) is 14.6. The van der Waals surface area contributed by atoms with E-state index in [-0.39, 0.29) is 11.9 Å². The number of rotatable bonds is 8. The van der Waals surface area contributed by atoms with Gasteiger partial charge in [0.2, 0.25) is 0 Å². The summed E-state index contributed by atoms with van der Waals surface area (Å²) >= 11 is 3.43. The summed E-state index contributed by atoms with van der Waals surface area (Å²) in [6.45, 7) is 3.56. The first-order valence-electron chi connectivity index (χ1n) is 8.53. The molecule has 2 N–H and O–H groups in total. The molecular weight excluding hydrogens is 396 g/mol. The van der Waals surface area contributed by atoms with E-state index in [9.17, 15) is 4.79 Å². The van der Waals surface area contributed by atoms with Crippen LogP contribution in [0.25, 0.3) is 0 Å². The molecule has 0 bridgehead atoms. The van der Waals surface area contributed by atoms with Crippen molar-refractivity contribution in [2.75, 3.05) is 6.54 Å². The van der Waals surface area contributed by atoms with Gasteiger partial charge in [0.05, 0.1) is 18.6 Å². The number of hydrogen-bond acceptors (Lipinski definition) is 3. The number of benzene rings is 1. The van der Waals surface area contributed by atoms with Crippen LogP contribution in [0, 0.1) is 0 Å². The topological polar surface area (TPSA) is 59.8 Å². The Balaban J connectivity index is 1.61. The van der Waals surface area contributed by atoms with E-state index in [0.717, 1.165) is 26.5 Å². The first-order valence-corrected chi connectivity index (χ1v) is 9.32. The van der Waals surface area contributed by atoms with E-state index in [1.807, 2.05) is 55.5 Å². The Hall–Kier alpha value is -2.31.